The van der Waals surface area contributed by atoms with E-state index in [2.05, 4.69) is 29.3 Å². The van der Waals surface area contributed by atoms with Crippen LogP contribution in [0.4, 0.5) is 0 Å². The van der Waals surface area contributed by atoms with Crippen molar-refractivity contribution in [3.63, 3.8) is 0 Å². The number of ether oxygens (including phenoxy) is 1. The van der Waals surface area contributed by atoms with Gasteiger partial charge < -0.3 is 15.0 Å². The largest absolute Gasteiger partial charge is 0.457 e. The molecule has 210 valence electrons. The van der Waals surface area contributed by atoms with E-state index >= 15 is 0 Å². The summed E-state index contributed by atoms with van der Waals surface area (Å²) in [6, 6.07) is 15.1. The van der Waals surface area contributed by atoms with Gasteiger partial charge in [-0.1, -0.05) is 69.2 Å². The van der Waals surface area contributed by atoms with Gasteiger partial charge in [0.05, 0.1) is 0 Å². The maximum atomic E-state index is 13.8. The second-order valence-corrected chi connectivity index (χ2v) is 12.1. The summed E-state index contributed by atoms with van der Waals surface area (Å²) in [6.07, 6.45) is 10.3. The maximum Gasteiger partial charge on any atom is 0.246 e. The van der Waals surface area contributed by atoms with Crippen LogP contribution in [-0.4, -0.2) is 52.8 Å². The molecule has 2 amide bonds. The highest BCUT2D eigenvalue weighted by Crippen LogP contribution is 2.36. The summed E-state index contributed by atoms with van der Waals surface area (Å²) in [6.45, 7) is 5.22. The fourth-order valence-corrected chi connectivity index (χ4v) is 6.70. The number of likely N-dealkylation sites (tertiary alicyclic amines) is 1. The summed E-state index contributed by atoms with van der Waals surface area (Å²) in [7, 11) is 0. The van der Waals surface area contributed by atoms with Gasteiger partial charge in [0.1, 0.15) is 23.1 Å². The van der Waals surface area contributed by atoms with Crippen LogP contribution in [0.5, 0.6) is 11.5 Å². The Hall–Kier alpha value is -2.57. The minimum atomic E-state index is -0.706. The fourth-order valence-electron chi connectivity index (χ4n) is 6.57. The van der Waals surface area contributed by atoms with Crippen molar-refractivity contribution in [3.8, 4) is 11.5 Å². The van der Waals surface area contributed by atoms with Crippen LogP contribution in [0.3, 0.4) is 0 Å². The van der Waals surface area contributed by atoms with Gasteiger partial charge in [-0.2, -0.15) is 0 Å². The average molecular weight is 552 g/mol. The summed E-state index contributed by atoms with van der Waals surface area (Å²) in [5.41, 5.74) is 0.496. The normalized spacial score (nSPS) is 22.2. The molecular weight excluding hydrogens is 510 g/mol. The number of piperidine rings is 1. The van der Waals surface area contributed by atoms with Crippen LogP contribution in [0, 0.1) is 5.92 Å². The van der Waals surface area contributed by atoms with E-state index in [1.165, 1.54) is 37.7 Å². The van der Waals surface area contributed by atoms with Gasteiger partial charge in [0, 0.05) is 31.2 Å². The third-order valence-corrected chi connectivity index (χ3v) is 9.15. The number of halogens is 1. The Morgan fingerprint density at radius 3 is 2.23 bits per heavy atom. The van der Waals surface area contributed by atoms with Crippen molar-refractivity contribution >= 4 is 23.4 Å². The number of carbonyl (C=O) groups is 2. The zero-order valence-corrected chi connectivity index (χ0v) is 23.9. The number of carbonyl (C=O) groups excluding carboxylic acids is 2. The maximum absolute atomic E-state index is 13.8. The topological polar surface area (TPSA) is 61.9 Å². The number of benzene rings is 2. The highest BCUT2D eigenvalue weighted by Gasteiger charge is 2.53. The molecule has 6 nitrogen and oxygen atoms in total. The SMILES string of the molecule is CCCCN1C(=O)[C@H](CC2CCCCC2)NC(=O)C12CCN(Cc1ccc(Oc3ccc(Cl)cc3)cc1)CC2. The van der Waals surface area contributed by atoms with E-state index in [0.29, 0.717) is 30.3 Å². The second kappa shape index (κ2) is 12.7. The lowest BCUT2D eigenvalue weighted by Crippen LogP contribution is -2.73. The molecule has 1 aliphatic carbocycles. The monoisotopic (exact) mass is 551 g/mol. The Labute approximate surface area is 238 Å². The van der Waals surface area contributed by atoms with Crippen LogP contribution >= 0.6 is 11.6 Å². The zero-order valence-electron chi connectivity index (χ0n) is 23.2. The molecule has 2 aromatic carbocycles. The quantitative estimate of drug-likeness (QED) is 0.383. The smallest absolute Gasteiger partial charge is 0.246 e. The molecule has 1 atom stereocenters. The average Bonchev–Trinajstić information content (AvgIpc) is 2.96. The van der Waals surface area contributed by atoms with E-state index in [9.17, 15) is 9.59 Å². The van der Waals surface area contributed by atoms with E-state index in [-0.39, 0.29) is 17.9 Å². The first-order valence-electron chi connectivity index (χ1n) is 14.8. The summed E-state index contributed by atoms with van der Waals surface area (Å²) >= 11 is 5.96. The van der Waals surface area contributed by atoms with Gasteiger partial charge in [-0.25, -0.2) is 0 Å². The van der Waals surface area contributed by atoms with Crippen LogP contribution in [0.25, 0.3) is 0 Å². The van der Waals surface area contributed by atoms with Crippen molar-refractivity contribution in [2.75, 3.05) is 19.6 Å². The molecule has 0 bridgehead atoms. The molecule has 1 spiro atoms. The lowest BCUT2D eigenvalue weighted by atomic mass is 9.79. The summed E-state index contributed by atoms with van der Waals surface area (Å²) in [5, 5.41) is 3.89. The number of amides is 2. The Kier molecular flexibility index (Phi) is 9.13. The predicted molar refractivity (Wildman–Crippen MR) is 155 cm³/mol. The van der Waals surface area contributed by atoms with E-state index in [0.717, 1.165) is 50.4 Å². The van der Waals surface area contributed by atoms with Crippen LogP contribution in [0.1, 0.15) is 76.7 Å². The van der Waals surface area contributed by atoms with E-state index in [1.54, 1.807) is 0 Å². The highest BCUT2D eigenvalue weighted by atomic mass is 35.5. The lowest BCUT2D eigenvalue weighted by Gasteiger charge is -2.52. The zero-order chi connectivity index (χ0) is 27.2. The fraction of sp³-hybridized carbons (Fsp3) is 0.562. The van der Waals surface area contributed by atoms with Gasteiger partial charge >= 0.3 is 0 Å². The molecule has 2 saturated heterocycles. The molecule has 39 heavy (non-hydrogen) atoms. The number of rotatable bonds is 9. The number of nitrogens with zero attached hydrogens (tertiary/aromatic N) is 2. The number of nitrogens with one attached hydrogen (secondary N) is 1. The molecule has 0 unspecified atom stereocenters. The number of unbranched alkanes of at least 4 members (excludes halogenated alkanes) is 1. The van der Waals surface area contributed by atoms with Crippen LogP contribution in [0.2, 0.25) is 5.02 Å². The number of hydrogen-bond acceptors (Lipinski definition) is 4. The highest BCUT2D eigenvalue weighted by molar-refractivity contribution is 6.30. The van der Waals surface area contributed by atoms with Gasteiger partial charge in [-0.05, 0) is 73.6 Å². The molecule has 7 heteroatoms. The van der Waals surface area contributed by atoms with Gasteiger partial charge in [-0.15, -0.1) is 0 Å². The Balaban J connectivity index is 1.19. The lowest BCUT2D eigenvalue weighted by molar-refractivity contribution is -0.162. The third kappa shape index (κ3) is 6.60. The summed E-state index contributed by atoms with van der Waals surface area (Å²) < 4.78 is 5.92. The van der Waals surface area contributed by atoms with Gasteiger partial charge in [0.2, 0.25) is 11.8 Å². The molecule has 3 aliphatic rings. The molecule has 2 heterocycles. The van der Waals surface area contributed by atoms with Crippen molar-refractivity contribution in [2.24, 2.45) is 5.92 Å². The van der Waals surface area contributed by atoms with E-state index < -0.39 is 5.54 Å². The number of hydrogen-bond donors (Lipinski definition) is 1. The molecule has 5 rings (SSSR count). The molecule has 2 aromatic rings. The van der Waals surface area contributed by atoms with Gasteiger partial charge in [0.25, 0.3) is 0 Å². The van der Waals surface area contributed by atoms with Crippen molar-refractivity contribution in [2.45, 2.75) is 89.3 Å². The third-order valence-electron chi connectivity index (χ3n) is 8.90. The Bertz CT molecular complexity index is 1110. The van der Waals surface area contributed by atoms with Gasteiger partial charge in [0.15, 0.2) is 0 Å². The van der Waals surface area contributed by atoms with E-state index in [1.807, 2.05) is 41.3 Å². The molecule has 1 N–H and O–H groups in total. The predicted octanol–water partition coefficient (Wildman–Crippen LogP) is 6.56. The molecule has 2 aliphatic heterocycles. The molecule has 0 aromatic heterocycles. The molecular formula is C32H42ClN3O3. The first-order valence-corrected chi connectivity index (χ1v) is 15.2. The summed E-state index contributed by atoms with van der Waals surface area (Å²) in [4.78, 5) is 31.8. The van der Waals surface area contributed by atoms with Gasteiger partial charge in [-0.3, -0.25) is 14.5 Å². The molecule has 3 fully saturated rings. The Morgan fingerprint density at radius 2 is 1.59 bits per heavy atom. The van der Waals surface area contributed by atoms with E-state index in [4.69, 9.17) is 16.3 Å². The van der Waals surface area contributed by atoms with Crippen molar-refractivity contribution in [3.05, 3.63) is 59.1 Å². The standard InChI is InChI=1S/C32H42ClN3O3/c1-2-3-19-36-30(37)29(22-24-7-5-4-6-8-24)34-31(38)32(36)17-20-35(21-18-32)23-25-9-13-27(14-10-25)39-28-15-11-26(33)12-16-28/h9-16,24,29H,2-8,17-23H2,1H3,(H,34,38)/t29-/m0/s1. The summed E-state index contributed by atoms with van der Waals surface area (Å²) in [5.74, 6) is 2.31. The second-order valence-electron chi connectivity index (χ2n) is 11.6. The van der Waals surface area contributed by atoms with Crippen molar-refractivity contribution in [1.29, 1.82) is 0 Å². The van der Waals surface area contributed by atoms with Crippen LogP contribution in [0.15, 0.2) is 48.5 Å². The van der Waals surface area contributed by atoms with Crippen LogP contribution in [-0.2, 0) is 16.1 Å². The van der Waals surface area contributed by atoms with Crippen molar-refractivity contribution < 1.29 is 14.3 Å². The Morgan fingerprint density at radius 1 is 0.949 bits per heavy atom. The minimum absolute atomic E-state index is 0.0716. The number of piperazine rings is 1. The molecule has 1 saturated carbocycles. The first kappa shape index (κ1) is 28.0. The minimum Gasteiger partial charge on any atom is -0.457 e. The van der Waals surface area contributed by atoms with Crippen molar-refractivity contribution in [1.82, 2.24) is 15.1 Å². The molecule has 0 radical (unpaired) electrons. The van der Waals surface area contributed by atoms with Crippen LogP contribution < -0.4 is 10.1 Å². The first-order chi connectivity index (χ1) is 19.0.